The molecule has 1 aromatic rings. The van der Waals surface area contributed by atoms with Crippen LogP contribution >= 0.6 is 0 Å². The van der Waals surface area contributed by atoms with Crippen LogP contribution in [-0.4, -0.2) is 38.9 Å². The smallest absolute Gasteiger partial charge is 0.268 e. The van der Waals surface area contributed by atoms with Gasteiger partial charge in [0.1, 0.15) is 7.85 Å². The predicted molar refractivity (Wildman–Crippen MR) is 63.6 cm³/mol. The molecule has 0 aromatic heterocycles. The van der Waals surface area contributed by atoms with Crippen LogP contribution in [0.25, 0.3) is 0 Å². The zero-order valence-electron chi connectivity index (χ0n) is 8.85. The van der Waals surface area contributed by atoms with Gasteiger partial charge in [0, 0.05) is 44.0 Å². The first-order valence-electron chi connectivity index (χ1n) is 5.18. The van der Waals surface area contributed by atoms with Gasteiger partial charge >= 0.3 is 0 Å². The number of nitro groups is 1. The van der Waals surface area contributed by atoms with Gasteiger partial charge in [-0.05, 0) is 6.07 Å². The van der Waals surface area contributed by atoms with Gasteiger partial charge in [-0.1, -0.05) is 5.46 Å². The standard InChI is InChI=1S/C10H12BN3O2/c11-9-7-8(14(15)16)1-2-10(9)13-5-3-12-4-6-13/h1-2,7,12H,3-6H2. The number of nitrogens with zero attached hydrogens (tertiary/aromatic N) is 2. The van der Waals surface area contributed by atoms with Crippen LogP contribution in [0.2, 0.25) is 0 Å². The summed E-state index contributed by atoms with van der Waals surface area (Å²) in [5, 5.41) is 13.8. The molecule has 0 spiro atoms. The molecule has 1 aliphatic heterocycles. The van der Waals surface area contributed by atoms with Crippen molar-refractivity contribution < 1.29 is 4.92 Å². The summed E-state index contributed by atoms with van der Waals surface area (Å²) in [4.78, 5) is 12.3. The number of nitrogens with one attached hydrogen (secondary N) is 1. The van der Waals surface area contributed by atoms with Gasteiger partial charge in [0.25, 0.3) is 5.69 Å². The molecule has 6 heteroatoms. The average Bonchev–Trinajstić information content (AvgIpc) is 2.30. The van der Waals surface area contributed by atoms with E-state index in [1.54, 1.807) is 6.07 Å². The second kappa shape index (κ2) is 4.53. The van der Waals surface area contributed by atoms with E-state index in [4.69, 9.17) is 7.85 Å². The molecule has 1 saturated heterocycles. The van der Waals surface area contributed by atoms with Crippen LogP contribution in [0.5, 0.6) is 0 Å². The van der Waals surface area contributed by atoms with Gasteiger partial charge in [-0.25, -0.2) is 0 Å². The SMILES string of the molecule is [B]c1cc([N+](=O)[O-])ccc1N1CCNCC1. The van der Waals surface area contributed by atoms with E-state index in [9.17, 15) is 10.1 Å². The number of benzene rings is 1. The van der Waals surface area contributed by atoms with Crippen molar-refractivity contribution in [3.05, 3.63) is 28.3 Å². The Labute approximate surface area is 95.0 Å². The van der Waals surface area contributed by atoms with E-state index in [0.717, 1.165) is 31.9 Å². The molecule has 0 atom stereocenters. The largest absolute Gasteiger partial charge is 0.369 e. The van der Waals surface area contributed by atoms with Crippen molar-refractivity contribution in [3.8, 4) is 0 Å². The van der Waals surface area contributed by atoms with Crippen molar-refractivity contribution in [2.24, 2.45) is 0 Å². The van der Waals surface area contributed by atoms with Gasteiger partial charge in [0.2, 0.25) is 0 Å². The maximum Gasteiger partial charge on any atom is 0.268 e. The van der Waals surface area contributed by atoms with E-state index in [2.05, 4.69) is 10.2 Å². The summed E-state index contributed by atoms with van der Waals surface area (Å²) in [6.07, 6.45) is 0. The third kappa shape index (κ3) is 2.16. The normalized spacial score (nSPS) is 16.1. The lowest BCUT2D eigenvalue weighted by Crippen LogP contribution is -2.45. The van der Waals surface area contributed by atoms with Crippen LogP contribution in [0.4, 0.5) is 11.4 Å². The quantitative estimate of drug-likeness (QED) is 0.423. The maximum atomic E-state index is 10.6. The second-order valence-corrected chi connectivity index (χ2v) is 3.74. The number of nitro benzene ring substituents is 1. The lowest BCUT2D eigenvalue weighted by atomic mass is 9.92. The Balaban J connectivity index is 2.24. The van der Waals surface area contributed by atoms with Gasteiger partial charge in [0.05, 0.1) is 4.92 Å². The Morgan fingerprint density at radius 2 is 2.06 bits per heavy atom. The fraction of sp³-hybridized carbons (Fsp3) is 0.400. The van der Waals surface area contributed by atoms with Gasteiger partial charge in [-0.15, -0.1) is 0 Å². The first-order valence-corrected chi connectivity index (χ1v) is 5.18. The summed E-state index contributed by atoms with van der Waals surface area (Å²) in [7, 11) is 5.82. The van der Waals surface area contributed by atoms with Crippen LogP contribution < -0.4 is 15.7 Å². The fourth-order valence-corrected chi connectivity index (χ4v) is 1.85. The zero-order valence-corrected chi connectivity index (χ0v) is 8.85. The first-order chi connectivity index (χ1) is 7.68. The predicted octanol–water partition coefficient (Wildman–Crippen LogP) is -0.202. The maximum absolute atomic E-state index is 10.6. The highest BCUT2D eigenvalue weighted by Gasteiger charge is 2.14. The molecular weight excluding hydrogens is 205 g/mol. The van der Waals surface area contributed by atoms with Crippen molar-refractivity contribution in [1.29, 1.82) is 0 Å². The topological polar surface area (TPSA) is 58.4 Å². The molecule has 0 aliphatic carbocycles. The van der Waals surface area contributed by atoms with Gasteiger partial charge in [0.15, 0.2) is 0 Å². The molecule has 1 fully saturated rings. The summed E-state index contributed by atoms with van der Waals surface area (Å²) in [5.41, 5.74) is 1.39. The summed E-state index contributed by atoms with van der Waals surface area (Å²) in [6, 6.07) is 4.63. The van der Waals surface area contributed by atoms with Crippen LogP contribution in [0.3, 0.4) is 0 Å². The molecule has 1 heterocycles. The highest BCUT2D eigenvalue weighted by atomic mass is 16.6. The van der Waals surface area contributed by atoms with Crippen molar-refractivity contribution in [3.63, 3.8) is 0 Å². The molecule has 0 amide bonds. The number of hydrogen-bond donors (Lipinski definition) is 1. The summed E-state index contributed by atoms with van der Waals surface area (Å²) < 4.78 is 0. The van der Waals surface area contributed by atoms with Crippen LogP contribution in [0.1, 0.15) is 0 Å². The lowest BCUT2D eigenvalue weighted by molar-refractivity contribution is -0.384. The van der Waals surface area contributed by atoms with Crippen molar-refractivity contribution in [1.82, 2.24) is 5.32 Å². The molecule has 0 saturated carbocycles. The Kier molecular flexibility index (Phi) is 3.10. The van der Waals surface area contributed by atoms with Gasteiger partial charge < -0.3 is 10.2 Å². The molecule has 2 rings (SSSR count). The van der Waals surface area contributed by atoms with Crippen LogP contribution in [-0.2, 0) is 0 Å². The summed E-state index contributed by atoms with van der Waals surface area (Å²) in [5.74, 6) is 0. The molecule has 2 radical (unpaired) electrons. The number of rotatable bonds is 2. The monoisotopic (exact) mass is 217 g/mol. The Hall–Kier alpha value is -1.56. The minimum absolute atomic E-state index is 0.0383. The molecule has 1 N–H and O–H groups in total. The van der Waals surface area contributed by atoms with E-state index < -0.39 is 4.92 Å². The lowest BCUT2D eigenvalue weighted by Gasteiger charge is -2.30. The molecule has 16 heavy (non-hydrogen) atoms. The summed E-state index contributed by atoms with van der Waals surface area (Å²) >= 11 is 0. The van der Waals surface area contributed by atoms with Crippen molar-refractivity contribution >= 4 is 24.7 Å². The Morgan fingerprint density at radius 3 is 2.62 bits per heavy atom. The Bertz CT molecular complexity index is 405. The molecule has 0 bridgehead atoms. The van der Waals surface area contributed by atoms with Crippen LogP contribution in [0.15, 0.2) is 18.2 Å². The molecule has 5 nitrogen and oxygen atoms in total. The molecule has 1 aromatic carbocycles. The van der Waals surface area contributed by atoms with E-state index in [1.165, 1.54) is 12.1 Å². The van der Waals surface area contributed by atoms with E-state index in [0.29, 0.717) is 5.46 Å². The molecule has 82 valence electrons. The summed E-state index contributed by atoms with van der Waals surface area (Å²) in [6.45, 7) is 3.58. The Morgan fingerprint density at radius 1 is 1.38 bits per heavy atom. The van der Waals surface area contributed by atoms with Gasteiger partial charge in [-0.2, -0.15) is 0 Å². The molecular formula is C10H12BN3O2. The number of anilines is 1. The molecule has 0 unspecified atom stereocenters. The number of piperazine rings is 1. The van der Waals surface area contributed by atoms with Crippen LogP contribution in [0, 0.1) is 10.1 Å². The minimum Gasteiger partial charge on any atom is -0.369 e. The third-order valence-electron chi connectivity index (χ3n) is 2.68. The van der Waals surface area contributed by atoms with E-state index >= 15 is 0 Å². The van der Waals surface area contributed by atoms with Crippen molar-refractivity contribution in [2.75, 3.05) is 31.1 Å². The molecule has 1 aliphatic rings. The number of non-ortho nitro benzene ring substituents is 1. The minimum atomic E-state index is -0.433. The third-order valence-corrected chi connectivity index (χ3v) is 2.68. The number of hydrogen-bond acceptors (Lipinski definition) is 4. The van der Waals surface area contributed by atoms with Gasteiger partial charge in [-0.3, -0.25) is 10.1 Å². The zero-order chi connectivity index (χ0) is 11.5. The highest BCUT2D eigenvalue weighted by Crippen LogP contribution is 2.16. The fourth-order valence-electron chi connectivity index (χ4n) is 1.85. The highest BCUT2D eigenvalue weighted by molar-refractivity contribution is 6.36. The second-order valence-electron chi connectivity index (χ2n) is 3.74. The van der Waals surface area contributed by atoms with E-state index in [-0.39, 0.29) is 5.69 Å². The first kappa shape index (κ1) is 10.9. The average molecular weight is 217 g/mol. The van der Waals surface area contributed by atoms with E-state index in [1.807, 2.05) is 0 Å². The van der Waals surface area contributed by atoms with Crippen molar-refractivity contribution in [2.45, 2.75) is 0 Å².